The highest BCUT2D eigenvalue weighted by Crippen LogP contribution is 2.52. The smallest absolute Gasteiger partial charge is 0.289 e. The molecule has 0 saturated carbocycles. The molecule has 25 heavy (non-hydrogen) atoms. The van der Waals surface area contributed by atoms with Gasteiger partial charge in [0.15, 0.2) is 10.5 Å². The Morgan fingerprint density at radius 2 is 1.44 bits per heavy atom. The summed E-state index contributed by atoms with van der Waals surface area (Å²) in [5.41, 5.74) is 2.86. The summed E-state index contributed by atoms with van der Waals surface area (Å²) < 4.78 is 1.37. The van der Waals surface area contributed by atoms with Gasteiger partial charge in [-0.25, -0.2) is 10.1 Å². The van der Waals surface area contributed by atoms with Crippen LogP contribution in [0.4, 0.5) is 0 Å². The first-order valence-electron chi connectivity index (χ1n) is 8.58. The van der Waals surface area contributed by atoms with Crippen LogP contribution in [0.2, 0.25) is 0 Å². The van der Waals surface area contributed by atoms with Crippen molar-refractivity contribution in [3.63, 3.8) is 0 Å². The second kappa shape index (κ2) is 5.30. The lowest BCUT2D eigenvalue weighted by Crippen LogP contribution is -2.40. The van der Waals surface area contributed by atoms with Gasteiger partial charge in [0.1, 0.15) is 0 Å². The third-order valence-corrected chi connectivity index (χ3v) is 6.77. The molecule has 2 aliphatic heterocycles. The molecule has 0 radical (unpaired) electrons. The number of nitrogens with zero attached hydrogens (tertiary/aromatic N) is 1. The Morgan fingerprint density at radius 1 is 0.880 bits per heavy atom. The van der Waals surface area contributed by atoms with Crippen molar-refractivity contribution in [2.45, 2.75) is 17.6 Å². The fourth-order valence-electron chi connectivity index (χ4n) is 4.09. The van der Waals surface area contributed by atoms with E-state index < -0.39 is 4.75 Å². The second-order valence-corrected chi connectivity index (χ2v) is 7.86. The standard InChI is InChI=1S/C20H16N2O2S/c23-17-13-7-1-3-9-15(13)20(16-10-4-2-8-14(16)17)18(24)21-19(25-20)22-11-5-6-12-22/h1-4,7-10H,5-6,11-12H2/p+1. The molecular weight excluding hydrogens is 332 g/mol. The number of fused-ring (bicyclic) bond motifs is 4. The largest absolute Gasteiger partial charge is 0.333 e. The van der Waals surface area contributed by atoms with Crippen molar-refractivity contribution in [1.29, 1.82) is 0 Å². The molecule has 2 heterocycles. The maximum absolute atomic E-state index is 13.3. The first-order valence-corrected chi connectivity index (χ1v) is 9.39. The van der Waals surface area contributed by atoms with E-state index in [1.165, 1.54) is 0 Å². The van der Waals surface area contributed by atoms with Crippen LogP contribution in [-0.2, 0) is 9.54 Å². The second-order valence-electron chi connectivity index (χ2n) is 6.66. The quantitative estimate of drug-likeness (QED) is 0.744. The zero-order chi connectivity index (χ0) is 17.0. The van der Waals surface area contributed by atoms with Crippen LogP contribution in [0.5, 0.6) is 0 Å². The van der Waals surface area contributed by atoms with Crippen molar-refractivity contribution in [2.75, 3.05) is 13.1 Å². The number of carbonyl (C=O) groups excluding carboxylic acids is 2. The Morgan fingerprint density at radius 3 is 2.04 bits per heavy atom. The Bertz CT molecular complexity index is 906. The number of amides is 1. The molecule has 2 fully saturated rings. The predicted molar refractivity (Wildman–Crippen MR) is 97.1 cm³/mol. The molecule has 5 heteroatoms. The number of carbonyl (C=O) groups is 2. The number of thioether (sulfide) groups is 1. The molecule has 124 valence electrons. The van der Waals surface area contributed by atoms with Crippen LogP contribution < -0.4 is 5.32 Å². The van der Waals surface area contributed by atoms with Gasteiger partial charge in [0.2, 0.25) is 0 Å². The van der Waals surface area contributed by atoms with Gasteiger partial charge in [0.25, 0.3) is 0 Å². The van der Waals surface area contributed by atoms with Crippen LogP contribution in [0.15, 0.2) is 48.5 Å². The van der Waals surface area contributed by atoms with Crippen LogP contribution in [-0.4, -0.2) is 34.5 Å². The number of rotatable bonds is 0. The van der Waals surface area contributed by atoms with E-state index in [4.69, 9.17) is 0 Å². The van der Waals surface area contributed by atoms with Crippen molar-refractivity contribution >= 4 is 28.6 Å². The number of nitrogens with one attached hydrogen (secondary N) is 1. The molecule has 1 spiro atoms. The van der Waals surface area contributed by atoms with E-state index in [1.54, 1.807) is 11.8 Å². The highest BCUT2D eigenvalue weighted by molar-refractivity contribution is 8.15. The van der Waals surface area contributed by atoms with Crippen LogP contribution in [0, 0.1) is 0 Å². The molecule has 4 nitrogen and oxygen atoms in total. The van der Waals surface area contributed by atoms with Gasteiger partial charge in [-0.3, -0.25) is 9.37 Å². The summed E-state index contributed by atoms with van der Waals surface area (Å²) in [6, 6.07) is 15.0. The number of amidine groups is 1. The summed E-state index contributed by atoms with van der Waals surface area (Å²) in [7, 11) is 0. The number of ketones is 1. The van der Waals surface area contributed by atoms with Crippen molar-refractivity contribution in [2.24, 2.45) is 0 Å². The van der Waals surface area contributed by atoms with Crippen LogP contribution in [0.3, 0.4) is 0 Å². The van der Waals surface area contributed by atoms with Crippen LogP contribution in [0.1, 0.15) is 39.9 Å². The lowest BCUT2D eigenvalue weighted by atomic mass is 9.76. The lowest BCUT2D eigenvalue weighted by molar-refractivity contribution is -0.504. The van der Waals surface area contributed by atoms with Crippen LogP contribution in [0.25, 0.3) is 0 Å². The van der Waals surface area contributed by atoms with Gasteiger partial charge >= 0.3 is 11.1 Å². The van der Waals surface area contributed by atoms with E-state index in [2.05, 4.69) is 9.89 Å². The Kier molecular flexibility index (Phi) is 3.16. The normalized spacial score (nSPS) is 20.6. The summed E-state index contributed by atoms with van der Waals surface area (Å²) in [6.07, 6.45) is 2.30. The Balaban J connectivity index is 1.79. The Labute approximate surface area is 149 Å². The van der Waals surface area contributed by atoms with Crippen molar-refractivity contribution in [3.8, 4) is 0 Å². The van der Waals surface area contributed by atoms with Gasteiger partial charge in [-0.1, -0.05) is 48.5 Å². The summed E-state index contributed by atoms with van der Waals surface area (Å²) >= 11 is 1.56. The van der Waals surface area contributed by atoms with E-state index in [0.717, 1.165) is 42.2 Å². The molecular formula is C20H17N2O2S+. The minimum atomic E-state index is -0.876. The average molecular weight is 349 g/mol. The van der Waals surface area contributed by atoms with Crippen molar-refractivity contribution in [1.82, 2.24) is 5.32 Å². The molecule has 1 N–H and O–H groups in total. The summed E-state index contributed by atoms with van der Waals surface area (Å²) in [5, 5.41) is 4.03. The van der Waals surface area contributed by atoms with Gasteiger partial charge in [-0.2, -0.15) is 0 Å². The van der Waals surface area contributed by atoms with Gasteiger partial charge in [0.05, 0.1) is 13.1 Å². The van der Waals surface area contributed by atoms with Gasteiger partial charge in [0, 0.05) is 11.1 Å². The molecule has 0 bridgehead atoms. The topological polar surface area (TPSA) is 49.2 Å². The zero-order valence-corrected chi connectivity index (χ0v) is 14.4. The molecule has 2 aromatic carbocycles. The third kappa shape index (κ3) is 1.93. The molecule has 5 rings (SSSR count). The number of hydrogen-bond acceptors (Lipinski definition) is 3. The van der Waals surface area contributed by atoms with Crippen molar-refractivity contribution < 1.29 is 14.2 Å². The first kappa shape index (κ1) is 14.9. The fraction of sp³-hybridized carbons (Fsp3) is 0.250. The summed E-state index contributed by atoms with van der Waals surface area (Å²) in [5.74, 6) is -0.0494. The maximum atomic E-state index is 13.3. The van der Waals surface area contributed by atoms with Crippen molar-refractivity contribution in [3.05, 3.63) is 70.8 Å². The SMILES string of the molecule is O=C1c2ccccc2C2(SC(=[N+]3CCCC3)NC2=O)c2ccccc21. The monoisotopic (exact) mass is 349 g/mol. The fourth-order valence-corrected chi connectivity index (χ4v) is 5.55. The van der Waals surface area contributed by atoms with E-state index in [9.17, 15) is 9.59 Å². The minimum Gasteiger partial charge on any atom is -0.289 e. The molecule has 2 saturated heterocycles. The van der Waals surface area contributed by atoms with E-state index >= 15 is 0 Å². The predicted octanol–water partition coefficient (Wildman–Crippen LogP) is 2.50. The highest BCUT2D eigenvalue weighted by atomic mass is 32.2. The molecule has 0 aromatic heterocycles. The molecule has 0 atom stereocenters. The molecule has 3 aliphatic rings. The summed E-state index contributed by atoms with van der Waals surface area (Å²) in [4.78, 5) is 26.2. The first-order chi connectivity index (χ1) is 12.2. The van der Waals surface area contributed by atoms with E-state index in [-0.39, 0.29) is 11.7 Å². The molecule has 0 unspecified atom stereocenters. The maximum Gasteiger partial charge on any atom is 0.333 e. The molecule has 2 aromatic rings. The summed E-state index contributed by atoms with van der Waals surface area (Å²) in [6.45, 7) is 1.95. The number of hydrogen-bond donors (Lipinski definition) is 1. The third-order valence-electron chi connectivity index (χ3n) is 5.29. The highest BCUT2D eigenvalue weighted by Gasteiger charge is 2.59. The molecule has 1 amide bonds. The van der Waals surface area contributed by atoms with Crippen LogP contribution >= 0.6 is 11.8 Å². The molecule has 1 aliphatic carbocycles. The van der Waals surface area contributed by atoms with Gasteiger partial charge in [-0.15, -0.1) is 0 Å². The lowest BCUT2D eigenvalue weighted by Gasteiger charge is -2.31. The number of benzene rings is 2. The van der Waals surface area contributed by atoms with Gasteiger partial charge < -0.3 is 0 Å². The van der Waals surface area contributed by atoms with E-state index in [1.807, 2.05) is 48.5 Å². The zero-order valence-electron chi connectivity index (χ0n) is 13.6. The average Bonchev–Trinajstić information content (AvgIpc) is 3.29. The minimum absolute atomic E-state index is 0.000141. The van der Waals surface area contributed by atoms with E-state index in [0.29, 0.717) is 11.1 Å². The Hall–Kier alpha value is -2.40. The van der Waals surface area contributed by atoms with Gasteiger partial charge in [-0.05, 0) is 35.7 Å².